The van der Waals surface area contributed by atoms with Gasteiger partial charge in [-0.3, -0.25) is 0 Å². The van der Waals surface area contributed by atoms with Crippen LogP contribution in [0.15, 0.2) is 72.8 Å². The molecular formula is C25H21ClN2OS. The Morgan fingerprint density at radius 2 is 1.77 bits per heavy atom. The van der Waals surface area contributed by atoms with E-state index < -0.39 is 0 Å². The number of hydrogen-bond acceptors (Lipinski definition) is 4. The number of rotatable bonds is 6. The highest BCUT2D eigenvalue weighted by Gasteiger charge is 2.15. The van der Waals surface area contributed by atoms with Gasteiger partial charge < -0.3 is 10.1 Å². The van der Waals surface area contributed by atoms with E-state index in [0.29, 0.717) is 0 Å². The van der Waals surface area contributed by atoms with Crippen molar-refractivity contribution in [2.45, 2.75) is 19.4 Å². The maximum Gasteiger partial charge on any atom is 0.183 e. The van der Waals surface area contributed by atoms with Gasteiger partial charge in [0.15, 0.2) is 5.13 Å². The number of fused-ring (bicyclic) bond motifs is 1. The lowest BCUT2D eigenvalue weighted by molar-refractivity contribution is 0.357. The maximum atomic E-state index is 6.05. The van der Waals surface area contributed by atoms with Gasteiger partial charge in [-0.25, -0.2) is 4.98 Å². The van der Waals surface area contributed by atoms with E-state index in [1.165, 1.54) is 21.6 Å². The Hall–Kier alpha value is -2.82. The summed E-state index contributed by atoms with van der Waals surface area (Å²) in [5.74, 6) is 1.02. The minimum atomic E-state index is 0.745. The fraction of sp³-hybridized carbons (Fsp3) is 0.160. The molecule has 0 amide bonds. The first-order valence-corrected chi connectivity index (χ1v) is 11.2. The number of nitrogens with zero attached hydrogens (tertiary/aromatic N) is 1. The first-order chi connectivity index (χ1) is 14.7. The van der Waals surface area contributed by atoms with Gasteiger partial charge in [-0.05, 0) is 34.9 Å². The zero-order valence-corrected chi connectivity index (χ0v) is 18.0. The molecule has 1 aliphatic rings. The summed E-state index contributed by atoms with van der Waals surface area (Å²) < 4.78 is 5.61. The Labute approximate surface area is 185 Å². The van der Waals surface area contributed by atoms with Crippen LogP contribution in [-0.2, 0) is 19.4 Å². The van der Waals surface area contributed by atoms with E-state index in [-0.39, 0.29) is 0 Å². The number of ether oxygens (including phenoxy) is 1. The Bertz CT molecular complexity index is 1160. The third-order valence-corrected chi connectivity index (χ3v) is 6.49. The number of hydrogen-bond donors (Lipinski definition) is 1. The van der Waals surface area contributed by atoms with E-state index in [1.807, 2.05) is 18.2 Å². The molecule has 0 atom stereocenters. The Balaban J connectivity index is 1.39. The molecule has 4 aromatic rings. The van der Waals surface area contributed by atoms with Gasteiger partial charge in [-0.2, -0.15) is 0 Å². The maximum absolute atomic E-state index is 6.05. The predicted octanol–water partition coefficient (Wildman–Crippen LogP) is 6.60. The number of nitrogens with one attached hydrogen (secondary N) is 1. The van der Waals surface area contributed by atoms with Gasteiger partial charge in [0.1, 0.15) is 5.75 Å². The third kappa shape index (κ3) is 4.20. The average Bonchev–Trinajstić information content (AvgIpc) is 3.41. The lowest BCUT2D eigenvalue weighted by atomic mass is 10.1. The van der Waals surface area contributed by atoms with E-state index in [9.17, 15) is 0 Å². The number of benzene rings is 3. The first kappa shape index (κ1) is 19.2. The molecular weight excluding hydrogens is 412 g/mol. The Morgan fingerprint density at radius 1 is 0.967 bits per heavy atom. The van der Waals surface area contributed by atoms with Crippen molar-refractivity contribution in [2.75, 3.05) is 11.9 Å². The molecule has 0 aliphatic carbocycles. The van der Waals surface area contributed by atoms with Crippen LogP contribution in [0.4, 0.5) is 5.13 Å². The van der Waals surface area contributed by atoms with Gasteiger partial charge >= 0.3 is 0 Å². The number of aromatic nitrogens is 1. The molecule has 0 fully saturated rings. The van der Waals surface area contributed by atoms with Crippen molar-refractivity contribution in [1.82, 2.24) is 4.98 Å². The zero-order chi connectivity index (χ0) is 20.3. The van der Waals surface area contributed by atoms with Gasteiger partial charge in [0, 0.05) is 34.8 Å². The molecule has 5 heteroatoms. The van der Waals surface area contributed by atoms with Crippen LogP contribution in [-0.4, -0.2) is 11.6 Å². The molecule has 1 N–H and O–H groups in total. The van der Waals surface area contributed by atoms with Gasteiger partial charge in [-0.15, -0.1) is 11.3 Å². The van der Waals surface area contributed by atoms with Crippen LogP contribution >= 0.6 is 22.9 Å². The van der Waals surface area contributed by atoms with E-state index >= 15 is 0 Å². The topological polar surface area (TPSA) is 34.1 Å². The monoisotopic (exact) mass is 432 g/mol. The largest absolute Gasteiger partial charge is 0.493 e. The normalized spacial score (nSPS) is 12.4. The Morgan fingerprint density at radius 3 is 2.60 bits per heavy atom. The predicted molar refractivity (Wildman–Crippen MR) is 125 cm³/mol. The third-order valence-electron chi connectivity index (χ3n) is 5.22. The number of anilines is 1. The van der Waals surface area contributed by atoms with E-state index in [4.69, 9.17) is 21.3 Å². The summed E-state index contributed by atoms with van der Waals surface area (Å²) >= 11 is 7.77. The van der Waals surface area contributed by atoms with Gasteiger partial charge in [-0.1, -0.05) is 66.2 Å². The van der Waals surface area contributed by atoms with Crippen molar-refractivity contribution in [3.05, 3.63) is 99.4 Å². The van der Waals surface area contributed by atoms with Crippen LogP contribution in [0.2, 0.25) is 5.02 Å². The lowest BCUT2D eigenvalue weighted by Crippen LogP contribution is -1.99. The standard InChI is InChI=1S/C25H21ClN2OS/c26-21-9-6-17(7-10-21)15-23-24(19-4-2-1-3-5-19)28-25(30-23)27-16-18-8-11-22-20(14-18)12-13-29-22/h1-11,14H,12-13,15-16H2,(H,27,28). The van der Waals surface area contributed by atoms with Crippen molar-refractivity contribution in [2.24, 2.45) is 0 Å². The molecule has 1 aliphatic heterocycles. The van der Waals surface area contributed by atoms with E-state index in [1.54, 1.807) is 11.3 Å². The van der Waals surface area contributed by atoms with Crippen molar-refractivity contribution in [3.8, 4) is 17.0 Å². The van der Waals surface area contributed by atoms with Crippen molar-refractivity contribution in [3.63, 3.8) is 0 Å². The molecule has 0 unspecified atom stereocenters. The highest BCUT2D eigenvalue weighted by Crippen LogP contribution is 2.33. The molecule has 150 valence electrons. The molecule has 5 rings (SSSR count). The summed E-state index contributed by atoms with van der Waals surface area (Å²) in [7, 11) is 0. The highest BCUT2D eigenvalue weighted by atomic mass is 35.5. The average molecular weight is 433 g/mol. The summed E-state index contributed by atoms with van der Waals surface area (Å²) in [4.78, 5) is 6.18. The van der Waals surface area contributed by atoms with Crippen LogP contribution in [0.1, 0.15) is 21.6 Å². The van der Waals surface area contributed by atoms with Crippen LogP contribution < -0.4 is 10.1 Å². The summed E-state index contributed by atoms with van der Waals surface area (Å²) in [6.45, 7) is 1.53. The SMILES string of the molecule is Clc1ccc(Cc2sc(NCc3ccc4c(c3)CCO4)nc2-c2ccccc2)cc1. The Kier molecular flexibility index (Phi) is 5.43. The first-order valence-electron chi connectivity index (χ1n) is 10.0. The van der Waals surface area contributed by atoms with Crippen LogP contribution in [0.5, 0.6) is 5.75 Å². The fourth-order valence-electron chi connectivity index (χ4n) is 3.68. The van der Waals surface area contributed by atoms with Crippen LogP contribution in [0.3, 0.4) is 0 Å². The van der Waals surface area contributed by atoms with Gasteiger partial charge in [0.2, 0.25) is 0 Å². The zero-order valence-electron chi connectivity index (χ0n) is 16.4. The molecule has 0 saturated carbocycles. The van der Waals surface area contributed by atoms with Crippen molar-refractivity contribution >= 4 is 28.1 Å². The molecule has 30 heavy (non-hydrogen) atoms. The second-order valence-electron chi connectivity index (χ2n) is 7.35. The number of thiazole rings is 1. The summed E-state index contributed by atoms with van der Waals surface area (Å²) in [6.07, 6.45) is 1.82. The highest BCUT2D eigenvalue weighted by molar-refractivity contribution is 7.16. The smallest absolute Gasteiger partial charge is 0.183 e. The molecule has 0 bridgehead atoms. The summed E-state index contributed by atoms with van der Waals surface area (Å²) in [5, 5.41) is 5.22. The minimum absolute atomic E-state index is 0.745. The fourth-order valence-corrected chi connectivity index (χ4v) is 4.82. The minimum Gasteiger partial charge on any atom is -0.493 e. The molecule has 3 aromatic carbocycles. The molecule has 2 heterocycles. The molecule has 0 spiro atoms. The van der Waals surface area contributed by atoms with E-state index in [2.05, 4.69) is 59.9 Å². The summed E-state index contributed by atoms with van der Waals surface area (Å²) in [6, 6.07) is 24.8. The van der Waals surface area contributed by atoms with Crippen molar-refractivity contribution < 1.29 is 4.74 Å². The van der Waals surface area contributed by atoms with Gasteiger partial charge in [0.25, 0.3) is 0 Å². The van der Waals surface area contributed by atoms with Crippen LogP contribution in [0.25, 0.3) is 11.3 Å². The number of halogens is 1. The lowest BCUT2D eigenvalue weighted by Gasteiger charge is -2.05. The molecule has 3 nitrogen and oxygen atoms in total. The quantitative estimate of drug-likeness (QED) is 0.372. The second kappa shape index (κ2) is 8.50. The van der Waals surface area contributed by atoms with E-state index in [0.717, 1.165) is 53.2 Å². The summed E-state index contributed by atoms with van der Waals surface area (Å²) in [5.41, 5.74) is 5.95. The van der Waals surface area contributed by atoms with Crippen LogP contribution in [0, 0.1) is 0 Å². The van der Waals surface area contributed by atoms with Gasteiger partial charge in [0.05, 0.1) is 12.3 Å². The second-order valence-corrected chi connectivity index (χ2v) is 8.87. The van der Waals surface area contributed by atoms with Crippen molar-refractivity contribution in [1.29, 1.82) is 0 Å². The molecule has 0 saturated heterocycles. The molecule has 0 radical (unpaired) electrons. The molecule has 1 aromatic heterocycles.